The minimum absolute atomic E-state index is 0.177. The summed E-state index contributed by atoms with van der Waals surface area (Å²) >= 11 is 3.25. The predicted molar refractivity (Wildman–Crippen MR) is 102 cm³/mol. The van der Waals surface area contributed by atoms with Gasteiger partial charge in [0.2, 0.25) is 0 Å². The van der Waals surface area contributed by atoms with Crippen molar-refractivity contribution >= 4 is 39.6 Å². The second kappa shape index (κ2) is 9.53. The van der Waals surface area contributed by atoms with Gasteiger partial charge in [0.25, 0.3) is 5.91 Å². The van der Waals surface area contributed by atoms with Crippen LogP contribution in [-0.4, -0.2) is 30.7 Å². The molecule has 1 amide bonds. The van der Waals surface area contributed by atoms with Gasteiger partial charge >= 0.3 is 5.97 Å². The number of carboxylic acids is 1. The van der Waals surface area contributed by atoms with Crippen LogP contribution >= 0.6 is 15.9 Å². The molecule has 28 heavy (non-hydrogen) atoms. The van der Waals surface area contributed by atoms with Crippen molar-refractivity contribution in [3.8, 4) is 17.6 Å². The van der Waals surface area contributed by atoms with Crippen molar-refractivity contribution in [3.63, 3.8) is 0 Å². The average molecular weight is 449 g/mol. The number of hydrogen-bond acceptors (Lipinski definition) is 5. The number of nitrogens with zero attached hydrogens (tertiary/aromatic N) is 1. The number of aliphatic carboxylic acids is 1. The van der Waals surface area contributed by atoms with Gasteiger partial charge < -0.3 is 19.9 Å². The minimum Gasteiger partial charge on any atom is -0.493 e. The summed E-state index contributed by atoms with van der Waals surface area (Å²) in [5.41, 5.74) is 0.582. The van der Waals surface area contributed by atoms with E-state index < -0.39 is 24.3 Å². The van der Waals surface area contributed by atoms with Crippen LogP contribution in [0.1, 0.15) is 5.56 Å². The highest BCUT2D eigenvalue weighted by Crippen LogP contribution is 2.37. The highest BCUT2D eigenvalue weighted by Gasteiger charge is 2.15. The number of amides is 1. The SMILES string of the molecule is COc1cc(/C=C(\C#N)C(=O)Nc2ccc(F)cc2)cc(Br)c1OCC(=O)O. The first-order chi connectivity index (χ1) is 13.3. The monoisotopic (exact) mass is 448 g/mol. The molecule has 0 aliphatic carbocycles. The molecule has 2 N–H and O–H groups in total. The Morgan fingerprint density at radius 3 is 2.57 bits per heavy atom. The number of methoxy groups -OCH3 is 1. The molecule has 0 radical (unpaired) electrons. The van der Waals surface area contributed by atoms with Crippen molar-refractivity contribution in [1.29, 1.82) is 5.26 Å². The number of rotatable bonds is 7. The van der Waals surface area contributed by atoms with E-state index in [1.54, 1.807) is 12.1 Å². The highest BCUT2D eigenvalue weighted by atomic mass is 79.9. The molecule has 0 bridgehead atoms. The van der Waals surface area contributed by atoms with Crippen molar-refractivity contribution in [2.45, 2.75) is 0 Å². The molecule has 2 rings (SSSR count). The van der Waals surface area contributed by atoms with E-state index in [0.717, 1.165) is 0 Å². The van der Waals surface area contributed by atoms with Crippen molar-refractivity contribution < 1.29 is 28.6 Å². The first-order valence-corrected chi connectivity index (χ1v) is 8.54. The number of nitrogens with one attached hydrogen (secondary N) is 1. The lowest BCUT2D eigenvalue weighted by Gasteiger charge is -2.12. The van der Waals surface area contributed by atoms with Crippen molar-refractivity contribution in [3.05, 3.63) is 57.8 Å². The molecule has 0 spiro atoms. The van der Waals surface area contributed by atoms with Gasteiger partial charge in [0, 0.05) is 5.69 Å². The van der Waals surface area contributed by atoms with Gasteiger partial charge in [0.05, 0.1) is 11.6 Å². The molecule has 0 atom stereocenters. The minimum atomic E-state index is -1.15. The highest BCUT2D eigenvalue weighted by molar-refractivity contribution is 9.10. The lowest BCUT2D eigenvalue weighted by molar-refractivity contribution is -0.139. The quantitative estimate of drug-likeness (QED) is 0.494. The summed E-state index contributed by atoms with van der Waals surface area (Å²) < 4.78 is 23.7. The van der Waals surface area contributed by atoms with Crippen molar-refractivity contribution in [2.24, 2.45) is 0 Å². The molecule has 0 unspecified atom stereocenters. The molecular formula is C19H14BrFN2O5. The molecule has 0 aliphatic heterocycles. The summed E-state index contributed by atoms with van der Waals surface area (Å²) in [6, 6.07) is 9.95. The van der Waals surface area contributed by atoms with Crippen LogP contribution in [0, 0.1) is 17.1 Å². The molecular weight excluding hydrogens is 435 g/mol. The third-order valence-corrected chi connectivity index (χ3v) is 3.96. The number of anilines is 1. The summed E-state index contributed by atoms with van der Waals surface area (Å²) in [4.78, 5) is 23.0. The lowest BCUT2D eigenvalue weighted by atomic mass is 10.1. The summed E-state index contributed by atoms with van der Waals surface area (Å²) in [6.45, 7) is -0.562. The number of benzene rings is 2. The van der Waals surface area contributed by atoms with Gasteiger partial charge in [0.1, 0.15) is 17.5 Å². The standard InChI is InChI=1S/C19H14BrFN2O5/c1-27-16-8-11(7-15(20)18(16)28-10-17(24)25)6-12(9-22)19(26)23-14-4-2-13(21)3-5-14/h2-8H,10H2,1H3,(H,23,26)(H,24,25)/b12-6+. The Bertz CT molecular complexity index is 968. The fraction of sp³-hybridized carbons (Fsp3) is 0.105. The van der Waals surface area contributed by atoms with E-state index in [-0.39, 0.29) is 17.1 Å². The maximum atomic E-state index is 12.9. The van der Waals surface area contributed by atoms with Gasteiger partial charge in [-0.15, -0.1) is 0 Å². The maximum Gasteiger partial charge on any atom is 0.341 e. The first-order valence-electron chi connectivity index (χ1n) is 7.75. The number of carbonyl (C=O) groups is 2. The summed E-state index contributed by atoms with van der Waals surface area (Å²) in [5.74, 6) is -1.87. The molecule has 144 valence electrons. The van der Waals surface area contributed by atoms with E-state index in [9.17, 15) is 19.2 Å². The molecule has 0 aliphatic rings. The van der Waals surface area contributed by atoms with Gasteiger partial charge in [-0.05, 0) is 64.0 Å². The third-order valence-electron chi connectivity index (χ3n) is 3.37. The third kappa shape index (κ3) is 5.56. The molecule has 2 aromatic carbocycles. The summed E-state index contributed by atoms with van der Waals surface area (Å²) in [6.07, 6.45) is 1.33. The van der Waals surface area contributed by atoms with Crippen LogP contribution in [-0.2, 0) is 9.59 Å². The lowest BCUT2D eigenvalue weighted by Crippen LogP contribution is -2.13. The zero-order valence-electron chi connectivity index (χ0n) is 14.5. The topological polar surface area (TPSA) is 109 Å². The van der Waals surface area contributed by atoms with Crippen LogP contribution in [0.2, 0.25) is 0 Å². The van der Waals surface area contributed by atoms with Crippen molar-refractivity contribution in [1.82, 2.24) is 0 Å². The largest absolute Gasteiger partial charge is 0.493 e. The molecule has 9 heteroatoms. The molecule has 0 saturated carbocycles. The number of carbonyl (C=O) groups excluding carboxylic acids is 1. The zero-order chi connectivity index (χ0) is 20.7. The molecule has 0 aromatic heterocycles. The molecule has 0 saturated heterocycles. The van der Waals surface area contributed by atoms with Crippen LogP contribution in [0.25, 0.3) is 6.08 Å². The summed E-state index contributed by atoms with van der Waals surface area (Å²) in [7, 11) is 1.37. The van der Waals surface area contributed by atoms with Crippen molar-refractivity contribution in [2.75, 3.05) is 19.0 Å². The van der Waals surface area contributed by atoms with E-state index in [1.165, 1.54) is 43.5 Å². The normalized spacial score (nSPS) is 10.7. The smallest absolute Gasteiger partial charge is 0.341 e. The Morgan fingerprint density at radius 1 is 1.32 bits per heavy atom. The second-order valence-corrected chi connectivity index (χ2v) is 6.20. The van der Waals surface area contributed by atoms with Gasteiger partial charge in [-0.2, -0.15) is 5.26 Å². The molecule has 2 aromatic rings. The molecule has 7 nitrogen and oxygen atoms in total. The second-order valence-electron chi connectivity index (χ2n) is 5.35. The summed E-state index contributed by atoms with van der Waals surface area (Å²) in [5, 5.41) is 20.5. The van der Waals surface area contributed by atoms with Crippen LogP contribution in [0.3, 0.4) is 0 Å². The molecule has 0 fully saturated rings. The fourth-order valence-corrected chi connectivity index (χ4v) is 2.72. The Morgan fingerprint density at radius 2 is 2.00 bits per heavy atom. The van der Waals surface area contributed by atoms with E-state index in [2.05, 4.69) is 21.2 Å². The number of carboxylic acid groups (broad SMARTS) is 1. The Hall–Kier alpha value is -3.38. The molecule has 0 heterocycles. The predicted octanol–water partition coefficient (Wildman–Crippen LogP) is 3.61. The zero-order valence-corrected chi connectivity index (χ0v) is 16.1. The maximum absolute atomic E-state index is 12.9. The van der Waals surface area contributed by atoms with E-state index >= 15 is 0 Å². The Balaban J connectivity index is 2.28. The van der Waals surface area contributed by atoms with Crippen LogP contribution in [0.5, 0.6) is 11.5 Å². The number of nitriles is 1. The fourth-order valence-electron chi connectivity index (χ4n) is 2.14. The number of ether oxygens (including phenoxy) is 2. The van der Waals surface area contributed by atoms with E-state index in [1.807, 2.05) is 0 Å². The van der Waals surface area contributed by atoms with Gasteiger partial charge in [-0.1, -0.05) is 0 Å². The van der Waals surface area contributed by atoms with E-state index in [0.29, 0.717) is 15.7 Å². The van der Waals surface area contributed by atoms with Crippen LogP contribution in [0.15, 0.2) is 46.4 Å². The van der Waals surface area contributed by atoms with Gasteiger partial charge in [0.15, 0.2) is 18.1 Å². The first kappa shape index (κ1) is 20.9. The Labute approximate surface area is 168 Å². The van der Waals surface area contributed by atoms with Gasteiger partial charge in [-0.3, -0.25) is 4.79 Å². The van der Waals surface area contributed by atoms with Crippen LogP contribution < -0.4 is 14.8 Å². The average Bonchev–Trinajstić information content (AvgIpc) is 2.66. The van der Waals surface area contributed by atoms with Crippen LogP contribution in [0.4, 0.5) is 10.1 Å². The van der Waals surface area contributed by atoms with Gasteiger partial charge in [-0.25, -0.2) is 9.18 Å². The number of halogens is 2. The Kier molecular flexibility index (Phi) is 7.12. The number of hydrogen-bond donors (Lipinski definition) is 2. The van der Waals surface area contributed by atoms with E-state index in [4.69, 9.17) is 14.6 Å².